The second kappa shape index (κ2) is 10.9. The van der Waals surface area contributed by atoms with Crippen LogP contribution >= 0.6 is 11.6 Å². The van der Waals surface area contributed by atoms with Crippen molar-refractivity contribution in [2.24, 2.45) is 0 Å². The van der Waals surface area contributed by atoms with E-state index in [1.807, 2.05) is 6.07 Å². The molecule has 0 saturated carbocycles. The van der Waals surface area contributed by atoms with E-state index in [0.717, 1.165) is 5.56 Å². The number of furan rings is 1. The first-order valence-electron chi connectivity index (χ1n) is 10.9. The number of para-hydroxylation sites is 1. The van der Waals surface area contributed by atoms with Gasteiger partial charge in [0, 0.05) is 11.6 Å². The highest BCUT2D eigenvalue weighted by Crippen LogP contribution is 2.26. The molecule has 0 atom stereocenters. The number of benzene rings is 2. The average Bonchev–Trinajstić information content (AvgIpc) is 3.38. The Balaban J connectivity index is 1.81. The zero-order chi connectivity index (χ0) is 25.7. The smallest absolute Gasteiger partial charge is 0.276 e. The van der Waals surface area contributed by atoms with Gasteiger partial charge in [-0.3, -0.25) is 4.79 Å². The van der Waals surface area contributed by atoms with Gasteiger partial charge in [0.05, 0.1) is 36.1 Å². The molecular formula is C25H22ClFN4O4S. The number of sulfone groups is 1. The Hall–Kier alpha value is -3.76. The van der Waals surface area contributed by atoms with Crippen molar-refractivity contribution < 1.29 is 22.0 Å². The first-order valence-corrected chi connectivity index (χ1v) is 13.0. The molecule has 4 rings (SSSR count). The summed E-state index contributed by atoms with van der Waals surface area (Å²) in [6.45, 7) is 1.93. The maximum atomic E-state index is 14.2. The molecule has 0 aliphatic rings. The number of hydrogen-bond acceptors (Lipinski definition) is 7. The van der Waals surface area contributed by atoms with E-state index in [4.69, 9.17) is 16.0 Å². The van der Waals surface area contributed by atoms with Crippen LogP contribution in [0.1, 0.15) is 28.7 Å². The summed E-state index contributed by atoms with van der Waals surface area (Å²) in [6, 6.07) is 16.3. The fourth-order valence-electron chi connectivity index (χ4n) is 3.45. The van der Waals surface area contributed by atoms with Crippen molar-refractivity contribution in [3.63, 3.8) is 0 Å². The Bertz CT molecular complexity index is 1480. The van der Waals surface area contributed by atoms with Crippen molar-refractivity contribution in [2.75, 3.05) is 16.0 Å². The van der Waals surface area contributed by atoms with E-state index >= 15 is 0 Å². The third kappa shape index (κ3) is 5.89. The Morgan fingerprint density at radius 1 is 1.11 bits per heavy atom. The third-order valence-corrected chi connectivity index (χ3v) is 7.02. The molecular weight excluding hydrogens is 507 g/mol. The molecule has 0 aliphatic heterocycles. The molecule has 2 heterocycles. The van der Waals surface area contributed by atoms with Crippen molar-refractivity contribution in [2.45, 2.75) is 25.2 Å². The summed E-state index contributed by atoms with van der Waals surface area (Å²) in [7, 11) is -3.82. The highest BCUT2D eigenvalue weighted by atomic mass is 35.5. The number of halogens is 2. The standard InChI is InChI=1S/C25H22ClFN4O4S/c1-2-36(33,34)25-28-14-22(23(30-25)24(32)29-21-11-4-3-10-20(21)27)31(16-19-9-6-12-35-19)15-17-7-5-8-18(26)13-17/h3-14H,2,15-16H2,1H3,(H,29,32). The molecule has 1 N–H and O–H groups in total. The number of hydrogen-bond donors (Lipinski definition) is 1. The van der Waals surface area contributed by atoms with Crippen LogP contribution in [0.2, 0.25) is 5.02 Å². The van der Waals surface area contributed by atoms with Crippen molar-refractivity contribution >= 4 is 38.7 Å². The highest BCUT2D eigenvalue weighted by molar-refractivity contribution is 7.91. The van der Waals surface area contributed by atoms with Crippen LogP contribution in [0.25, 0.3) is 0 Å². The van der Waals surface area contributed by atoms with Crippen LogP contribution in [0.5, 0.6) is 0 Å². The molecule has 2 aromatic heterocycles. The van der Waals surface area contributed by atoms with Crippen molar-refractivity contribution in [3.8, 4) is 0 Å². The van der Waals surface area contributed by atoms with E-state index in [1.54, 1.807) is 41.3 Å². The molecule has 4 aromatic rings. The third-order valence-electron chi connectivity index (χ3n) is 5.27. The first kappa shape index (κ1) is 25.3. The number of anilines is 2. The Morgan fingerprint density at radius 2 is 1.92 bits per heavy atom. The van der Waals surface area contributed by atoms with Crippen LogP contribution in [0, 0.1) is 5.82 Å². The van der Waals surface area contributed by atoms with Gasteiger partial charge in [-0.1, -0.05) is 42.8 Å². The SMILES string of the molecule is CCS(=O)(=O)c1ncc(N(Cc2cccc(Cl)c2)Cc2ccco2)c(C(=O)Nc2ccccc2F)n1. The largest absolute Gasteiger partial charge is 0.467 e. The monoisotopic (exact) mass is 528 g/mol. The maximum absolute atomic E-state index is 14.2. The van der Waals surface area contributed by atoms with Crippen LogP contribution in [0.3, 0.4) is 0 Å². The van der Waals surface area contributed by atoms with Crippen molar-refractivity contribution in [3.05, 3.63) is 101 Å². The molecule has 11 heteroatoms. The Morgan fingerprint density at radius 3 is 2.61 bits per heavy atom. The summed E-state index contributed by atoms with van der Waals surface area (Å²) in [4.78, 5) is 23.3. The van der Waals surface area contributed by atoms with Crippen LogP contribution in [0.15, 0.2) is 82.7 Å². The van der Waals surface area contributed by atoms with Crippen LogP contribution in [-0.4, -0.2) is 30.0 Å². The number of rotatable bonds is 9. The highest BCUT2D eigenvalue weighted by Gasteiger charge is 2.25. The number of amides is 1. The van der Waals surface area contributed by atoms with E-state index in [1.165, 1.54) is 37.6 Å². The van der Waals surface area contributed by atoms with E-state index < -0.39 is 26.7 Å². The van der Waals surface area contributed by atoms with Crippen LogP contribution < -0.4 is 10.2 Å². The lowest BCUT2D eigenvalue weighted by atomic mass is 10.2. The fourth-order valence-corrected chi connectivity index (χ4v) is 4.37. The number of nitrogens with zero attached hydrogens (tertiary/aromatic N) is 3. The number of carbonyl (C=O) groups is 1. The molecule has 0 unspecified atom stereocenters. The average molecular weight is 529 g/mol. The van der Waals surface area contributed by atoms with E-state index in [-0.39, 0.29) is 35.9 Å². The van der Waals surface area contributed by atoms with Crippen molar-refractivity contribution in [1.82, 2.24) is 9.97 Å². The second-order valence-corrected chi connectivity index (χ2v) is 10.4. The summed E-state index contributed by atoms with van der Waals surface area (Å²) < 4.78 is 44.7. The second-order valence-electron chi connectivity index (χ2n) is 7.79. The topological polar surface area (TPSA) is 105 Å². The maximum Gasteiger partial charge on any atom is 0.276 e. The van der Waals surface area contributed by atoms with E-state index in [2.05, 4.69) is 15.3 Å². The quantitative estimate of drug-likeness (QED) is 0.301. The predicted molar refractivity (Wildman–Crippen MR) is 134 cm³/mol. The van der Waals surface area contributed by atoms with Gasteiger partial charge < -0.3 is 14.6 Å². The molecule has 0 radical (unpaired) electrons. The van der Waals surface area contributed by atoms with Gasteiger partial charge in [0.2, 0.25) is 15.0 Å². The lowest BCUT2D eigenvalue weighted by molar-refractivity contribution is 0.102. The summed E-state index contributed by atoms with van der Waals surface area (Å²) in [5.41, 5.74) is 0.753. The lowest BCUT2D eigenvalue weighted by Gasteiger charge is -2.25. The summed E-state index contributed by atoms with van der Waals surface area (Å²) in [5, 5.41) is 2.52. The van der Waals surface area contributed by atoms with Gasteiger partial charge in [-0.25, -0.2) is 22.8 Å². The fraction of sp³-hybridized carbons (Fsp3) is 0.160. The normalized spacial score (nSPS) is 11.3. The molecule has 0 fully saturated rings. The zero-order valence-electron chi connectivity index (χ0n) is 19.2. The van der Waals surface area contributed by atoms with E-state index in [9.17, 15) is 17.6 Å². The van der Waals surface area contributed by atoms with E-state index in [0.29, 0.717) is 10.8 Å². The number of aromatic nitrogens is 2. The minimum absolute atomic E-state index is 0.0700. The van der Waals surface area contributed by atoms with Gasteiger partial charge >= 0.3 is 0 Å². The van der Waals surface area contributed by atoms with Gasteiger partial charge in [0.25, 0.3) is 5.91 Å². The summed E-state index contributed by atoms with van der Waals surface area (Å²) in [6.07, 6.45) is 2.80. The predicted octanol–water partition coefficient (Wildman–Crippen LogP) is 5.11. The molecule has 0 aliphatic carbocycles. The lowest BCUT2D eigenvalue weighted by Crippen LogP contribution is -2.28. The van der Waals surface area contributed by atoms with Gasteiger partial charge in [0.1, 0.15) is 11.6 Å². The first-order chi connectivity index (χ1) is 17.3. The van der Waals surface area contributed by atoms with Gasteiger partial charge in [-0.05, 0) is 42.0 Å². The number of carbonyl (C=O) groups excluding carboxylic acids is 1. The van der Waals surface area contributed by atoms with Crippen LogP contribution in [0.4, 0.5) is 15.8 Å². The summed E-state index contributed by atoms with van der Waals surface area (Å²) in [5.74, 6) is -1.10. The zero-order valence-corrected chi connectivity index (χ0v) is 20.8. The Labute approximate surface area is 212 Å². The molecule has 36 heavy (non-hydrogen) atoms. The summed E-state index contributed by atoms with van der Waals surface area (Å²) >= 11 is 6.16. The molecule has 8 nitrogen and oxygen atoms in total. The minimum Gasteiger partial charge on any atom is -0.467 e. The molecule has 0 bridgehead atoms. The minimum atomic E-state index is -3.82. The van der Waals surface area contributed by atoms with Crippen molar-refractivity contribution in [1.29, 1.82) is 0 Å². The van der Waals surface area contributed by atoms with Gasteiger partial charge in [0.15, 0.2) is 5.69 Å². The van der Waals surface area contributed by atoms with Crippen LogP contribution in [-0.2, 0) is 22.9 Å². The molecule has 186 valence electrons. The molecule has 0 saturated heterocycles. The number of nitrogens with one attached hydrogen (secondary N) is 1. The van der Waals surface area contributed by atoms with Gasteiger partial charge in [-0.15, -0.1) is 0 Å². The van der Waals surface area contributed by atoms with Gasteiger partial charge in [-0.2, -0.15) is 0 Å². The molecule has 2 aromatic carbocycles. The molecule has 0 spiro atoms. The molecule has 1 amide bonds. The Kier molecular flexibility index (Phi) is 7.66.